The molecule has 0 fully saturated rings. The molecule has 0 saturated heterocycles. The van der Waals surface area contributed by atoms with Crippen molar-refractivity contribution in [3.8, 4) is 0 Å². The number of Topliss-reactive ketones (excluding diaryl/α,β-unsaturated/α-hetero) is 1. The van der Waals surface area contributed by atoms with Crippen LogP contribution in [-0.4, -0.2) is 51.7 Å². The number of hydrogen-bond donors (Lipinski definition) is 1. The average molecular weight is 627 g/mol. The number of halogens is 2. The van der Waals surface area contributed by atoms with Crippen molar-refractivity contribution in [2.45, 2.75) is 55.2 Å². The number of carbonyl (C=O) groups is 2. The third-order valence-corrected chi connectivity index (χ3v) is 12.4. The summed E-state index contributed by atoms with van der Waals surface area (Å²) >= 11 is 5.01. The first-order valence-corrected chi connectivity index (χ1v) is 17.4. The number of dihydropyridines is 1. The molecule has 4 rings (SSSR count). The molecule has 1 aliphatic carbocycles. The molecule has 2 aromatic rings. The molecule has 2 aromatic carbocycles. The zero-order chi connectivity index (χ0) is 26.7. The van der Waals surface area contributed by atoms with Crippen molar-refractivity contribution < 1.29 is 23.5 Å². The first kappa shape index (κ1) is 27.9. The number of hydrogen-bond acceptors (Lipinski definition) is 5. The van der Waals surface area contributed by atoms with Gasteiger partial charge in [-0.15, -0.1) is 0 Å². The van der Waals surface area contributed by atoms with Crippen LogP contribution >= 0.6 is 11.6 Å². The Balaban J connectivity index is 1.72. The maximum absolute atomic E-state index is 15.2. The van der Waals surface area contributed by atoms with Crippen LogP contribution in [0.2, 0.25) is 9.20 Å². The second-order valence-electron chi connectivity index (χ2n) is 10.2. The van der Waals surface area contributed by atoms with Crippen LogP contribution in [0.1, 0.15) is 56.6 Å². The zero-order valence-corrected chi connectivity index (χ0v) is 25.6. The fourth-order valence-electron chi connectivity index (χ4n) is 5.17. The summed E-state index contributed by atoms with van der Waals surface area (Å²) < 4.78 is 27.9. The molecule has 2 unspecified atom stereocenters. The van der Waals surface area contributed by atoms with Gasteiger partial charge < -0.3 is 0 Å². The van der Waals surface area contributed by atoms with Gasteiger partial charge in [0, 0.05) is 5.02 Å². The van der Waals surface area contributed by atoms with E-state index in [9.17, 15) is 9.59 Å². The van der Waals surface area contributed by atoms with Crippen molar-refractivity contribution in [1.29, 1.82) is 0 Å². The molecule has 1 heterocycles. The quantitative estimate of drug-likeness (QED) is 0.293. The van der Waals surface area contributed by atoms with Crippen molar-refractivity contribution in [3.05, 3.63) is 93.0 Å². The Morgan fingerprint density at radius 2 is 1.86 bits per heavy atom. The molecule has 0 bridgehead atoms. The summed E-state index contributed by atoms with van der Waals surface area (Å²) in [5, 5.41) is 3.97. The van der Waals surface area contributed by atoms with Gasteiger partial charge in [-0.3, -0.25) is 0 Å². The average Bonchev–Trinajstić information content (AvgIpc) is 2.83. The molecular weight excluding hydrogens is 596 g/mol. The summed E-state index contributed by atoms with van der Waals surface area (Å²) in [4.78, 5) is 27.3. The molecular formula is C29H31ClFInNO4. The molecule has 1 radical (unpaired) electrons. The van der Waals surface area contributed by atoms with E-state index in [0.717, 1.165) is 19.8 Å². The first-order chi connectivity index (χ1) is 17.6. The Labute approximate surface area is 233 Å². The SMILES string of the molecule is CO[CH2][In][CH2]C(C)(C)OC(=O)C1=C(C)NC2=C(C(=O)CC(c3ccc(Cl)cc3)C2)C1c1ccccc1F. The molecule has 0 saturated carbocycles. The van der Waals surface area contributed by atoms with Gasteiger partial charge >= 0.3 is 206 Å². The summed E-state index contributed by atoms with van der Waals surface area (Å²) in [5.74, 6) is -1.95. The van der Waals surface area contributed by atoms with Gasteiger partial charge in [-0.1, -0.05) is 11.6 Å². The molecule has 0 spiro atoms. The second-order valence-corrected chi connectivity index (χ2v) is 14.4. The predicted molar refractivity (Wildman–Crippen MR) is 143 cm³/mol. The predicted octanol–water partition coefficient (Wildman–Crippen LogP) is 5.89. The van der Waals surface area contributed by atoms with Crippen molar-refractivity contribution >= 4 is 46.3 Å². The van der Waals surface area contributed by atoms with E-state index >= 15 is 4.39 Å². The number of esters is 1. The number of benzene rings is 2. The molecule has 0 aromatic heterocycles. The van der Waals surface area contributed by atoms with E-state index in [1.54, 1.807) is 32.2 Å². The van der Waals surface area contributed by atoms with Crippen molar-refractivity contribution in [1.82, 2.24) is 5.32 Å². The van der Waals surface area contributed by atoms with E-state index in [2.05, 4.69) is 5.32 Å². The molecule has 5 nitrogen and oxygen atoms in total. The van der Waals surface area contributed by atoms with Crippen LogP contribution in [0.25, 0.3) is 0 Å². The van der Waals surface area contributed by atoms with Crippen LogP contribution in [0.3, 0.4) is 0 Å². The topological polar surface area (TPSA) is 64.6 Å². The molecule has 2 aliphatic rings. The van der Waals surface area contributed by atoms with Crippen LogP contribution in [0, 0.1) is 5.82 Å². The molecule has 1 aliphatic heterocycles. The van der Waals surface area contributed by atoms with Gasteiger partial charge in [0.15, 0.2) is 0 Å². The second kappa shape index (κ2) is 11.7. The van der Waals surface area contributed by atoms with Crippen LogP contribution in [0.5, 0.6) is 0 Å². The Hall–Kier alpha value is -2.09. The first-order valence-electron chi connectivity index (χ1n) is 12.4. The van der Waals surface area contributed by atoms with E-state index in [1.165, 1.54) is 6.07 Å². The van der Waals surface area contributed by atoms with Crippen LogP contribution in [-0.2, 0) is 19.1 Å². The standard InChI is InChI=1S/C27H26ClFNO3.C2H5O.In/c1-15-23(26(32)33-27(2,3)4)24(19-7-5-6-8-20(19)29)25-21(30-15)13-17(14-22(25)31)16-9-11-18(28)12-10-16;1-3-2;/h5-12,17,24,30H,2,13-14H2,1,3-4H3;1H2,2H3;. The molecule has 1 N–H and O–H groups in total. The van der Waals surface area contributed by atoms with Crippen molar-refractivity contribution in [3.63, 3.8) is 0 Å². The van der Waals surface area contributed by atoms with Crippen LogP contribution in [0.15, 0.2) is 71.1 Å². The number of rotatable bonds is 8. The third-order valence-electron chi connectivity index (χ3n) is 6.89. The fraction of sp³-hybridized carbons (Fsp3) is 0.379. The number of nitrogens with one attached hydrogen (secondary N) is 1. The van der Waals surface area contributed by atoms with Gasteiger partial charge in [0.1, 0.15) is 0 Å². The molecule has 2 atom stereocenters. The van der Waals surface area contributed by atoms with Gasteiger partial charge in [0.05, 0.1) is 0 Å². The van der Waals surface area contributed by atoms with E-state index in [0.29, 0.717) is 28.3 Å². The zero-order valence-electron chi connectivity index (χ0n) is 21.6. The van der Waals surface area contributed by atoms with E-state index in [4.69, 9.17) is 21.1 Å². The summed E-state index contributed by atoms with van der Waals surface area (Å²) in [5.41, 5.74) is 2.69. The molecule has 37 heavy (non-hydrogen) atoms. The number of carbonyl (C=O) groups excluding carboxylic acids is 2. The van der Waals surface area contributed by atoms with E-state index < -0.39 is 46.2 Å². The van der Waals surface area contributed by atoms with Gasteiger partial charge in [-0.2, -0.15) is 0 Å². The number of ether oxygens (including phenoxy) is 2. The minimum absolute atomic E-state index is 0.0370. The van der Waals surface area contributed by atoms with Crippen molar-refractivity contribution in [2.75, 3.05) is 11.5 Å². The normalized spacial score (nSPS) is 19.9. The van der Waals surface area contributed by atoms with Gasteiger partial charge in [-0.25, -0.2) is 0 Å². The van der Waals surface area contributed by atoms with E-state index in [-0.39, 0.29) is 23.7 Å². The Bertz CT molecular complexity index is 1250. The van der Waals surface area contributed by atoms with Gasteiger partial charge in [-0.05, 0) is 12.1 Å². The Morgan fingerprint density at radius 3 is 2.54 bits per heavy atom. The Kier molecular flexibility index (Phi) is 8.87. The summed E-state index contributed by atoms with van der Waals surface area (Å²) in [6, 6.07) is 13.9. The van der Waals surface area contributed by atoms with Crippen LogP contribution < -0.4 is 5.32 Å². The number of ketones is 1. The van der Waals surface area contributed by atoms with Crippen LogP contribution in [0.4, 0.5) is 4.39 Å². The molecule has 8 heteroatoms. The third kappa shape index (κ3) is 6.32. The monoisotopic (exact) mass is 626 g/mol. The summed E-state index contributed by atoms with van der Waals surface area (Å²) in [6.45, 7) is 5.58. The number of methoxy groups -OCH3 is 1. The van der Waals surface area contributed by atoms with E-state index in [1.807, 2.05) is 38.1 Å². The molecule has 0 amide bonds. The summed E-state index contributed by atoms with van der Waals surface area (Å²) in [6.07, 6.45) is 0.841. The molecule has 193 valence electrons. The Morgan fingerprint density at radius 1 is 1.16 bits per heavy atom. The minimum atomic E-state index is -1.05. The summed E-state index contributed by atoms with van der Waals surface area (Å²) in [7, 11) is 1.68. The fourth-order valence-corrected chi connectivity index (χ4v) is 8.53. The van der Waals surface area contributed by atoms with Gasteiger partial charge in [0.25, 0.3) is 0 Å². The van der Waals surface area contributed by atoms with Gasteiger partial charge in [0.2, 0.25) is 0 Å². The number of allylic oxidation sites excluding steroid dienone is 3. The maximum atomic E-state index is 15.2. The van der Waals surface area contributed by atoms with Crippen molar-refractivity contribution in [2.24, 2.45) is 0 Å².